The summed E-state index contributed by atoms with van der Waals surface area (Å²) in [5.74, 6) is 2.72. The Morgan fingerprint density at radius 2 is 2.07 bits per heavy atom. The Labute approximate surface area is 91.8 Å². The standard InChI is InChI=1S/C12H20O3/c1-3-11(13)12(15-9-14-2)10-7-5-4-6-8-10/h1,10-13H,4-9H2,2H3/t11-,12-/m0/s1. The molecule has 0 saturated heterocycles. The van der Waals surface area contributed by atoms with E-state index in [0.717, 1.165) is 12.8 Å². The van der Waals surface area contributed by atoms with Crippen LogP contribution in [0.5, 0.6) is 0 Å². The van der Waals surface area contributed by atoms with Gasteiger partial charge in [0.05, 0.1) is 0 Å². The molecule has 1 saturated carbocycles. The van der Waals surface area contributed by atoms with E-state index in [9.17, 15) is 5.11 Å². The molecule has 3 nitrogen and oxygen atoms in total. The zero-order chi connectivity index (χ0) is 11.1. The summed E-state index contributed by atoms with van der Waals surface area (Å²) in [5.41, 5.74) is 0. The van der Waals surface area contributed by atoms with Crippen molar-refractivity contribution >= 4 is 0 Å². The first-order valence-electron chi connectivity index (χ1n) is 5.54. The molecule has 0 aromatic rings. The molecule has 1 rings (SSSR count). The van der Waals surface area contributed by atoms with Crippen LogP contribution >= 0.6 is 0 Å². The van der Waals surface area contributed by atoms with Crippen LogP contribution < -0.4 is 0 Å². The van der Waals surface area contributed by atoms with Gasteiger partial charge in [-0.25, -0.2) is 0 Å². The van der Waals surface area contributed by atoms with E-state index in [-0.39, 0.29) is 12.9 Å². The molecule has 0 spiro atoms. The molecule has 0 aromatic heterocycles. The van der Waals surface area contributed by atoms with E-state index in [4.69, 9.17) is 15.9 Å². The lowest BCUT2D eigenvalue weighted by Crippen LogP contribution is -2.36. The van der Waals surface area contributed by atoms with Crippen LogP contribution in [0.25, 0.3) is 0 Å². The van der Waals surface area contributed by atoms with Crippen molar-refractivity contribution in [1.29, 1.82) is 0 Å². The molecule has 0 heterocycles. The van der Waals surface area contributed by atoms with Crippen LogP contribution in [0.15, 0.2) is 0 Å². The van der Waals surface area contributed by atoms with Gasteiger partial charge in [0.15, 0.2) is 0 Å². The van der Waals surface area contributed by atoms with Gasteiger partial charge in [0.25, 0.3) is 0 Å². The van der Waals surface area contributed by atoms with Gasteiger partial charge in [-0.2, -0.15) is 0 Å². The highest BCUT2D eigenvalue weighted by Crippen LogP contribution is 2.29. The molecule has 0 radical (unpaired) electrons. The highest BCUT2D eigenvalue weighted by Gasteiger charge is 2.29. The van der Waals surface area contributed by atoms with E-state index in [2.05, 4.69) is 5.92 Å². The average Bonchev–Trinajstić information content (AvgIpc) is 2.30. The molecule has 0 bridgehead atoms. The first-order valence-corrected chi connectivity index (χ1v) is 5.54. The second-order valence-electron chi connectivity index (χ2n) is 4.05. The maximum atomic E-state index is 9.68. The van der Waals surface area contributed by atoms with Gasteiger partial charge in [-0.3, -0.25) is 0 Å². The van der Waals surface area contributed by atoms with Crippen LogP contribution in [0.2, 0.25) is 0 Å². The van der Waals surface area contributed by atoms with Crippen molar-refractivity contribution < 1.29 is 14.6 Å². The molecule has 0 aromatic carbocycles. The number of ether oxygens (including phenoxy) is 2. The van der Waals surface area contributed by atoms with Crippen molar-refractivity contribution in [2.75, 3.05) is 13.9 Å². The lowest BCUT2D eigenvalue weighted by atomic mass is 9.83. The molecular weight excluding hydrogens is 192 g/mol. The smallest absolute Gasteiger partial charge is 0.146 e. The first-order chi connectivity index (χ1) is 7.29. The number of methoxy groups -OCH3 is 1. The first kappa shape index (κ1) is 12.5. The maximum absolute atomic E-state index is 9.68. The third-order valence-corrected chi connectivity index (χ3v) is 2.97. The van der Waals surface area contributed by atoms with E-state index < -0.39 is 6.10 Å². The zero-order valence-corrected chi connectivity index (χ0v) is 9.32. The lowest BCUT2D eigenvalue weighted by Gasteiger charge is -2.31. The fourth-order valence-electron chi connectivity index (χ4n) is 2.19. The molecular formula is C12H20O3. The molecule has 86 valence electrons. The van der Waals surface area contributed by atoms with Crippen molar-refractivity contribution in [3.05, 3.63) is 0 Å². The summed E-state index contributed by atoms with van der Waals surface area (Å²) in [6, 6.07) is 0. The number of aliphatic hydroxyl groups excluding tert-OH is 1. The highest BCUT2D eigenvalue weighted by atomic mass is 16.7. The topological polar surface area (TPSA) is 38.7 Å². The Kier molecular flexibility index (Phi) is 5.70. The maximum Gasteiger partial charge on any atom is 0.146 e. The summed E-state index contributed by atoms with van der Waals surface area (Å²) < 4.78 is 10.3. The zero-order valence-electron chi connectivity index (χ0n) is 9.32. The summed E-state index contributed by atoms with van der Waals surface area (Å²) in [5, 5.41) is 9.68. The summed E-state index contributed by atoms with van der Waals surface area (Å²) >= 11 is 0. The van der Waals surface area contributed by atoms with Crippen LogP contribution in [0.4, 0.5) is 0 Å². The highest BCUT2D eigenvalue weighted by molar-refractivity contribution is 5.00. The summed E-state index contributed by atoms with van der Waals surface area (Å²) in [7, 11) is 1.57. The van der Waals surface area contributed by atoms with Crippen LogP contribution in [0.3, 0.4) is 0 Å². The summed E-state index contributed by atoms with van der Waals surface area (Å²) in [6.45, 7) is 0.194. The van der Waals surface area contributed by atoms with Gasteiger partial charge in [-0.05, 0) is 18.8 Å². The number of hydrogen-bond donors (Lipinski definition) is 1. The lowest BCUT2D eigenvalue weighted by molar-refractivity contribution is -0.125. The van der Waals surface area contributed by atoms with Crippen molar-refractivity contribution in [2.24, 2.45) is 5.92 Å². The molecule has 0 aliphatic heterocycles. The minimum absolute atomic E-state index is 0.194. The molecule has 3 heteroatoms. The molecule has 1 N–H and O–H groups in total. The predicted octanol–water partition coefficient (Wildman–Crippen LogP) is 1.55. The molecule has 15 heavy (non-hydrogen) atoms. The average molecular weight is 212 g/mol. The fourth-order valence-corrected chi connectivity index (χ4v) is 2.19. The van der Waals surface area contributed by atoms with E-state index in [1.165, 1.54) is 19.3 Å². The van der Waals surface area contributed by atoms with Gasteiger partial charge in [-0.15, -0.1) is 6.42 Å². The second-order valence-corrected chi connectivity index (χ2v) is 4.05. The van der Waals surface area contributed by atoms with E-state index in [0.29, 0.717) is 5.92 Å². The van der Waals surface area contributed by atoms with Crippen molar-refractivity contribution in [3.8, 4) is 12.3 Å². The normalized spacial score (nSPS) is 21.9. The largest absolute Gasteiger partial charge is 0.378 e. The fraction of sp³-hybridized carbons (Fsp3) is 0.833. The minimum atomic E-state index is -0.816. The monoisotopic (exact) mass is 212 g/mol. The Bertz CT molecular complexity index is 203. The number of aliphatic hydroxyl groups is 1. The van der Waals surface area contributed by atoms with Crippen LogP contribution in [0, 0.1) is 18.3 Å². The third kappa shape index (κ3) is 3.83. The predicted molar refractivity (Wildman–Crippen MR) is 58.2 cm³/mol. The van der Waals surface area contributed by atoms with E-state index in [1.54, 1.807) is 7.11 Å². The van der Waals surface area contributed by atoms with Gasteiger partial charge in [0.1, 0.15) is 19.0 Å². The molecule has 0 unspecified atom stereocenters. The third-order valence-electron chi connectivity index (χ3n) is 2.97. The molecule has 1 aliphatic carbocycles. The van der Waals surface area contributed by atoms with Crippen LogP contribution in [-0.2, 0) is 9.47 Å². The number of rotatable bonds is 5. The quantitative estimate of drug-likeness (QED) is 0.555. The molecule has 1 fully saturated rings. The molecule has 2 atom stereocenters. The van der Waals surface area contributed by atoms with Gasteiger partial charge in [-0.1, -0.05) is 25.2 Å². The Morgan fingerprint density at radius 1 is 1.40 bits per heavy atom. The SMILES string of the molecule is C#C[C@H](O)[C@@H](OCOC)C1CCCCC1. The van der Waals surface area contributed by atoms with Gasteiger partial charge >= 0.3 is 0 Å². The Morgan fingerprint density at radius 3 is 2.60 bits per heavy atom. The van der Waals surface area contributed by atoms with Crippen LogP contribution in [-0.4, -0.2) is 31.2 Å². The van der Waals surface area contributed by atoms with Crippen molar-refractivity contribution in [3.63, 3.8) is 0 Å². The second kappa shape index (κ2) is 6.84. The van der Waals surface area contributed by atoms with Crippen LogP contribution in [0.1, 0.15) is 32.1 Å². The van der Waals surface area contributed by atoms with Gasteiger partial charge < -0.3 is 14.6 Å². The summed E-state index contributed by atoms with van der Waals surface area (Å²) in [4.78, 5) is 0. The van der Waals surface area contributed by atoms with E-state index in [1.807, 2.05) is 0 Å². The van der Waals surface area contributed by atoms with Crippen molar-refractivity contribution in [1.82, 2.24) is 0 Å². The van der Waals surface area contributed by atoms with E-state index >= 15 is 0 Å². The Hall–Kier alpha value is -0.560. The van der Waals surface area contributed by atoms with Gasteiger partial charge in [0.2, 0.25) is 0 Å². The molecule has 0 amide bonds. The number of terminal acetylenes is 1. The van der Waals surface area contributed by atoms with Gasteiger partial charge in [0, 0.05) is 7.11 Å². The minimum Gasteiger partial charge on any atom is -0.378 e. The number of hydrogen-bond acceptors (Lipinski definition) is 3. The molecule has 1 aliphatic rings. The Balaban J connectivity index is 2.49. The summed E-state index contributed by atoms with van der Waals surface area (Å²) in [6.07, 6.45) is 10.0. The van der Waals surface area contributed by atoms with Crippen molar-refractivity contribution in [2.45, 2.75) is 44.3 Å².